The molecular formula is C12H14BrN3O2. The van der Waals surface area contributed by atoms with Gasteiger partial charge in [-0.15, -0.1) is 0 Å². The van der Waals surface area contributed by atoms with Gasteiger partial charge in [-0.3, -0.25) is 0 Å². The first-order chi connectivity index (χ1) is 8.69. The van der Waals surface area contributed by atoms with Gasteiger partial charge in [0.2, 0.25) is 0 Å². The maximum atomic E-state index is 5.87. The molecule has 0 aliphatic rings. The second-order valence-electron chi connectivity index (χ2n) is 3.69. The Hall–Kier alpha value is -1.56. The van der Waals surface area contributed by atoms with Crippen LogP contribution in [-0.2, 0) is 6.42 Å². The zero-order valence-corrected chi connectivity index (χ0v) is 11.8. The molecule has 1 aromatic carbocycles. The van der Waals surface area contributed by atoms with Crippen molar-refractivity contribution < 1.29 is 9.47 Å². The Morgan fingerprint density at radius 3 is 2.17 bits per heavy atom. The van der Waals surface area contributed by atoms with E-state index in [1.165, 1.54) is 0 Å². The Balaban J connectivity index is 2.62. The number of nitrogens with two attached hydrogens (primary N) is 1. The molecular weight excluding hydrogens is 298 g/mol. The van der Waals surface area contributed by atoms with Crippen LogP contribution in [0.15, 0.2) is 12.1 Å². The number of nitrogens with zero attached hydrogens (tertiary/aromatic N) is 2. The number of methoxy groups -OCH3 is 2. The van der Waals surface area contributed by atoms with Gasteiger partial charge in [0.15, 0.2) is 11.5 Å². The fourth-order valence-corrected chi connectivity index (χ4v) is 2.08. The number of benzene rings is 1. The van der Waals surface area contributed by atoms with Crippen molar-refractivity contribution in [1.82, 2.24) is 9.97 Å². The first kappa shape index (κ1) is 12.9. The lowest BCUT2D eigenvalue weighted by atomic mass is 10.2. The number of aryl methyl sites for hydroxylation is 1. The first-order valence-corrected chi connectivity index (χ1v) is 6.55. The monoisotopic (exact) mass is 311 g/mol. The topological polar surface area (TPSA) is 70.3 Å². The van der Waals surface area contributed by atoms with E-state index in [0.717, 1.165) is 23.0 Å². The van der Waals surface area contributed by atoms with Crippen molar-refractivity contribution in [3.63, 3.8) is 0 Å². The molecule has 0 spiro atoms. The van der Waals surface area contributed by atoms with Crippen molar-refractivity contribution in [1.29, 1.82) is 0 Å². The third-order valence-electron chi connectivity index (χ3n) is 2.60. The van der Waals surface area contributed by atoms with Gasteiger partial charge in [0.05, 0.1) is 30.9 Å². The Labute approximate surface area is 113 Å². The number of nitrogen functional groups attached to an aromatic ring is 1. The van der Waals surface area contributed by atoms with Crippen LogP contribution in [0.3, 0.4) is 0 Å². The van der Waals surface area contributed by atoms with Gasteiger partial charge in [-0.2, -0.15) is 0 Å². The fraction of sp³-hybridized carbons (Fsp3) is 0.333. The number of alkyl halides is 1. The van der Waals surface area contributed by atoms with Crippen LogP contribution in [0.5, 0.6) is 11.5 Å². The Morgan fingerprint density at radius 1 is 1.11 bits per heavy atom. The molecule has 0 radical (unpaired) electrons. The van der Waals surface area contributed by atoms with Crippen LogP contribution in [0.2, 0.25) is 0 Å². The standard InChI is InChI=1S/C12H14BrN3O2/c1-17-10-5-8-9(6-11(10)18-2)16-12(14)7(15-8)3-4-13/h5-6H,3-4H2,1-2H3,(H2,14,16). The van der Waals surface area contributed by atoms with Gasteiger partial charge in [0.25, 0.3) is 0 Å². The predicted molar refractivity (Wildman–Crippen MR) is 74.6 cm³/mol. The summed E-state index contributed by atoms with van der Waals surface area (Å²) in [5, 5.41) is 0.796. The van der Waals surface area contributed by atoms with E-state index in [4.69, 9.17) is 15.2 Å². The van der Waals surface area contributed by atoms with Crippen molar-refractivity contribution in [3.05, 3.63) is 17.8 Å². The van der Waals surface area contributed by atoms with Crippen molar-refractivity contribution in [2.75, 3.05) is 25.3 Å². The third kappa shape index (κ3) is 2.33. The lowest BCUT2D eigenvalue weighted by Crippen LogP contribution is -2.03. The van der Waals surface area contributed by atoms with E-state index < -0.39 is 0 Å². The minimum atomic E-state index is 0.453. The molecule has 0 unspecified atom stereocenters. The molecule has 0 saturated heterocycles. The van der Waals surface area contributed by atoms with Gasteiger partial charge in [0.1, 0.15) is 5.82 Å². The fourth-order valence-electron chi connectivity index (χ4n) is 1.71. The number of ether oxygens (including phenoxy) is 2. The summed E-state index contributed by atoms with van der Waals surface area (Å²) in [6.07, 6.45) is 0.739. The summed E-state index contributed by atoms with van der Waals surface area (Å²) in [6, 6.07) is 3.58. The van der Waals surface area contributed by atoms with Crippen molar-refractivity contribution in [2.45, 2.75) is 6.42 Å². The summed E-state index contributed by atoms with van der Waals surface area (Å²) in [7, 11) is 3.17. The highest BCUT2D eigenvalue weighted by molar-refractivity contribution is 9.09. The van der Waals surface area contributed by atoms with Crippen LogP contribution in [0, 0.1) is 0 Å². The minimum absolute atomic E-state index is 0.453. The molecule has 0 aliphatic heterocycles. The number of hydrogen-bond acceptors (Lipinski definition) is 5. The lowest BCUT2D eigenvalue weighted by Gasteiger charge is -2.10. The molecule has 96 valence electrons. The molecule has 0 amide bonds. The SMILES string of the molecule is COc1cc2nc(N)c(CCBr)nc2cc1OC. The van der Waals surface area contributed by atoms with E-state index in [2.05, 4.69) is 25.9 Å². The van der Waals surface area contributed by atoms with Crippen LogP contribution in [0.4, 0.5) is 5.82 Å². The molecule has 1 aromatic heterocycles. The van der Waals surface area contributed by atoms with Gasteiger partial charge >= 0.3 is 0 Å². The number of anilines is 1. The molecule has 6 heteroatoms. The highest BCUT2D eigenvalue weighted by Gasteiger charge is 2.10. The van der Waals surface area contributed by atoms with Crippen LogP contribution >= 0.6 is 15.9 Å². The largest absolute Gasteiger partial charge is 0.493 e. The maximum Gasteiger partial charge on any atom is 0.163 e. The summed E-state index contributed by atoms with van der Waals surface area (Å²) in [6.45, 7) is 0. The number of fused-ring (bicyclic) bond motifs is 1. The highest BCUT2D eigenvalue weighted by Crippen LogP contribution is 2.31. The first-order valence-electron chi connectivity index (χ1n) is 5.43. The molecule has 5 nitrogen and oxygen atoms in total. The number of halogens is 1. The number of aromatic nitrogens is 2. The molecule has 2 N–H and O–H groups in total. The number of hydrogen-bond donors (Lipinski definition) is 1. The summed E-state index contributed by atoms with van der Waals surface area (Å²) in [4.78, 5) is 8.83. The van der Waals surface area contributed by atoms with Crippen LogP contribution in [0.1, 0.15) is 5.69 Å². The predicted octanol–water partition coefficient (Wildman–Crippen LogP) is 2.17. The average molecular weight is 312 g/mol. The normalized spacial score (nSPS) is 10.6. The van der Waals surface area contributed by atoms with Crippen LogP contribution < -0.4 is 15.2 Å². The van der Waals surface area contributed by atoms with E-state index in [1.807, 2.05) is 0 Å². The smallest absolute Gasteiger partial charge is 0.163 e. The molecule has 2 aromatic rings. The number of rotatable bonds is 4. The molecule has 0 atom stereocenters. The van der Waals surface area contributed by atoms with Gasteiger partial charge in [-0.1, -0.05) is 15.9 Å². The van der Waals surface area contributed by atoms with Gasteiger partial charge in [-0.25, -0.2) is 9.97 Å². The van der Waals surface area contributed by atoms with Crippen molar-refractivity contribution in [2.24, 2.45) is 0 Å². The molecule has 0 bridgehead atoms. The minimum Gasteiger partial charge on any atom is -0.493 e. The van der Waals surface area contributed by atoms with Crippen molar-refractivity contribution in [3.8, 4) is 11.5 Å². The summed E-state index contributed by atoms with van der Waals surface area (Å²) < 4.78 is 10.5. The Morgan fingerprint density at radius 2 is 1.67 bits per heavy atom. The van der Waals surface area contributed by atoms with Crippen LogP contribution in [0.25, 0.3) is 11.0 Å². The highest BCUT2D eigenvalue weighted by atomic mass is 79.9. The second-order valence-corrected chi connectivity index (χ2v) is 4.48. The maximum absolute atomic E-state index is 5.87. The summed E-state index contributed by atoms with van der Waals surface area (Å²) in [5.74, 6) is 1.70. The van der Waals surface area contributed by atoms with Gasteiger partial charge in [-0.05, 0) is 0 Å². The quantitative estimate of drug-likeness (QED) is 0.876. The van der Waals surface area contributed by atoms with Crippen molar-refractivity contribution >= 4 is 32.8 Å². The Kier molecular flexibility index (Phi) is 3.86. The van der Waals surface area contributed by atoms with Gasteiger partial charge < -0.3 is 15.2 Å². The van der Waals surface area contributed by atoms with E-state index in [-0.39, 0.29) is 0 Å². The van der Waals surface area contributed by atoms with E-state index in [1.54, 1.807) is 26.4 Å². The van der Waals surface area contributed by atoms with E-state index >= 15 is 0 Å². The molecule has 2 rings (SSSR count). The Bertz CT molecular complexity index is 575. The van der Waals surface area contributed by atoms with Gasteiger partial charge in [0, 0.05) is 23.9 Å². The zero-order chi connectivity index (χ0) is 13.1. The zero-order valence-electron chi connectivity index (χ0n) is 10.2. The average Bonchev–Trinajstić information content (AvgIpc) is 2.38. The van der Waals surface area contributed by atoms with E-state index in [9.17, 15) is 0 Å². The molecule has 0 saturated carbocycles. The molecule has 1 heterocycles. The molecule has 18 heavy (non-hydrogen) atoms. The third-order valence-corrected chi connectivity index (χ3v) is 3.00. The molecule has 0 fully saturated rings. The second kappa shape index (κ2) is 5.39. The lowest BCUT2D eigenvalue weighted by molar-refractivity contribution is 0.355. The summed E-state index contributed by atoms with van der Waals surface area (Å²) in [5.41, 5.74) is 8.10. The van der Waals surface area contributed by atoms with E-state index in [0.29, 0.717) is 22.8 Å². The summed E-state index contributed by atoms with van der Waals surface area (Å²) >= 11 is 3.37. The van der Waals surface area contributed by atoms with Crippen LogP contribution in [-0.4, -0.2) is 29.5 Å². The molecule has 0 aliphatic carbocycles.